The Kier molecular flexibility index (Phi) is 7.59. The van der Waals surface area contributed by atoms with Crippen LogP contribution in [0.1, 0.15) is 12.8 Å². The highest BCUT2D eigenvalue weighted by molar-refractivity contribution is 7.89. The molecule has 0 heterocycles. The molecule has 0 aliphatic heterocycles. The lowest BCUT2D eigenvalue weighted by Gasteiger charge is -2.13. The zero-order valence-electron chi connectivity index (χ0n) is 9.02. The van der Waals surface area contributed by atoms with E-state index >= 15 is 0 Å². The van der Waals surface area contributed by atoms with Crippen LogP contribution in [0.25, 0.3) is 0 Å². The Morgan fingerprint density at radius 3 is 2.60 bits per heavy atom. The van der Waals surface area contributed by atoms with Crippen molar-refractivity contribution in [3.63, 3.8) is 0 Å². The fraction of sp³-hybridized carbons (Fsp3) is 0.778. The van der Waals surface area contributed by atoms with Crippen LogP contribution in [0.15, 0.2) is 12.7 Å². The predicted octanol–water partition coefficient (Wildman–Crippen LogP) is 0.273. The van der Waals surface area contributed by atoms with Crippen LogP contribution in [0.4, 0.5) is 0 Å². The van der Waals surface area contributed by atoms with Crippen LogP contribution >= 0.6 is 0 Å². The smallest absolute Gasteiger partial charge is 0.214 e. The van der Waals surface area contributed by atoms with E-state index in [1.54, 1.807) is 13.2 Å². The van der Waals surface area contributed by atoms with Crippen molar-refractivity contribution in [1.29, 1.82) is 0 Å². The van der Waals surface area contributed by atoms with Crippen molar-refractivity contribution in [1.82, 2.24) is 0 Å². The highest BCUT2D eigenvalue weighted by Crippen LogP contribution is 2.06. The monoisotopic (exact) mass is 237 g/mol. The van der Waals surface area contributed by atoms with Crippen LogP contribution in [0.5, 0.6) is 0 Å². The maximum Gasteiger partial charge on any atom is 0.214 e. The summed E-state index contributed by atoms with van der Waals surface area (Å²) >= 11 is 0. The average molecular weight is 237 g/mol. The van der Waals surface area contributed by atoms with Crippen molar-refractivity contribution >= 4 is 10.0 Å². The van der Waals surface area contributed by atoms with Gasteiger partial charge in [0.15, 0.2) is 0 Å². The van der Waals surface area contributed by atoms with Gasteiger partial charge in [-0.05, 0) is 12.8 Å². The first-order valence-electron chi connectivity index (χ1n) is 4.71. The number of sulfonamides is 1. The van der Waals surface area contributed by atoms with Crippen molar-refractivity contribution in [3.8, 4) is 0 Å². The van der Waals surface area contributed by atoms with E-state index in [4.69, 9.17) is 14.6 Å². The fourth-order valence-electron chi connectivity index (χ4n) is 1.00. The van der Waals surface area contributed by atoms with Crippen LogP contribution in [0.3, 0.4) is 0 Å². The molecule has 2 N–H and O–H groups in total. The van der Waals surface area contributed by atoms with Crippen molar-refractivity contribution in [3.05, 3.63) is 12.7 Å². The second-order valence-corrected chi connectivity index (χ2v) is 4.99. The molecule has 90 valence electrons. The molecule has 0 radical (unpaired) electrons. The summed E-state index contributed by atoms with van der Waals surface area (Å²) < 4.78 is 32.2. The van der Waals surface area contributed by atoms with E-state index in [9.17, 15) is 8.42 Å². The van der Waals surface area contributed by atoms with Gasteiger partial charge in [0.1, 0.15) is 0 Å². The zero-order chi connectivity index (χ0) is 11.7. The number of rotatable bonds is 9. The second-order valence-electron chi connectivity index (χ2n) is 3.14. The van der Waals surface area contributed by atoms with Gasteiger partial charge in [-0.15, -0.1) is 6.58 Å². The van der Waals surface area contributed by atoms with Gasteiger partial charge in [0.2, 0.25) is 10.0 Å². The Morgan fingerprint density at radius 2 is 2.13 bits per heavy atom. The molecule has 0 aromatic carbocycles. The van der Waals surface area contributed by atoms with Crippen LogP contribution in [-0.2, 0) is 19.5 Å². The van der Waals surface area contributed by atoms with Gasteiger partial charge in [-0.2, -0.15) is 0 Å². The summed E-state index contributed by atoms with van der Waals surface area (Å²) in [6, 6.07) is 0. The summed E-state index contributed by atoms with van der Waals surface area (Å²) in [5.41, 5.74) is 0. The molecule has 0 spiro atoms. The molecule has 6 heteroatoms. The number of primary sulfonamides is 1. The topological polar surface area (TPSA) is 78.6 Å². The standard InChI is InChI=1S/C9H19NO4S/c1-3-4-5-9(15(10,11)12)8-14-7-6-13-2/h3,9H,1,4-8H2,2H3,(H2,10,11,12)/t9-/m0/s1. The molecule has 0 aliphatic rings. The number of hydrogen-bond donors (Lipinski definition) is 1. The van der Waals surface area contributed by atoms with Gasteiger partial charge in [0.05, 0.1) is 25.1 Å². The van der Waals surface area contributed by atoms with E-state index in [1.807, 2.05) is 0 Å². The first kappa shape index (κ1) is 14.6. The lowest BCUT2D eigenvalue weighted by Crippen LogP contribution is -2.33. The molecule has 0 fully saturated rings. The van der Waals surface area contributed by atoms with Gasteiger partial charge in [-0.25, -0.2) is 13.6 Å². The quantitative estimate of drug-likeness (QED) is 0.461. The Balaban J connectivity index is 3.97. The maximum absolute atomic E-state index is 11.1. The third-order valence-corrected chi connectivity index (χ3v) is 3.19. The van der Waals surface area contributed by atoms with Crippen LogP contribution < -0.4 is 5.14 Å². The molecule has 1 atom stereocenters. The molecule has 0 saturated heterocycles. The molecule has 0 unspecified atom stereocenters. The lowest BCUT2D eigenvalue weighted by atomic mass is 10.2. The molecule has 0 bridgehead atoms. The first-order chi connectivity index (χ1) is 7.02. The zero-order valence-corrected chi connectivity index (χ0v) is 9.83. The van der Waals surface area contributed by atoms with E-state index in [-0.39, 0.29) is 6.61 Å². The number of hydrogen-bond acceptors (Lipinski definition) is 4. The van der Waals surface area contributed by atoms with Gasteiger partial charge < -0.3 is 9.47 Å². The Bertz CT molecular complexity index is 263. The summed E-state index contributed by atoms with van der Waals surface area (Å²) in [6.45, 7) is 4.45. The molecule has 0 aromatic rings. The molecule has 15 heavy (non-hydrogen) atoms. The van der Waals surface area contributed by atoms with Gasteiger partial charge in [-0.1, -0.05) is 6.08 Å². The number of nitrogens with two attached hydrogens (primary N) is 1. The second kappa shape index (κ2) is 7.81. The van der Waals surface area contributed by atoms with Gasteiger partial charge in [-0.3, -0.25) is 0 Å². The molecule has 5 nitrogen and oxygen atoms in total. The van der Waals surface area contributed by atoms with E-state index in [2.05, 4.69) is 6.58 Å². The van der Waals surface area contributed by atoms with Crippen molar-refractivity contribution < 1.29 is 17.9 Å². The minimum absolute atomic E-state index is 0.107. The molecule has 0 amide bonds. The predicted molar refractivity (Wildman–Crippen MR) is 59.0 cm³/mol. The molecular weight excluding hydrogens is 218 g/mol. The van der Waals surface area contributed by atoms with Crippen LogP contribution in [0.2, 0.25) is 0 Å². The third-order valence-electron chi connectivity index (χ3n) is 1.89. The Hall–Kier alpha value is -0.430. The maximum atomic E-state index is 11.1. The van der Waals surface area contributed by atoms with Crippen LogP contribution in [-0.4, -0.2) is 40.6 Å². The van der Waals surface area contributed by atoms with E-state index in [1.165, 1.54) is 0 Å². The Labute approximate surface area is 91.3 Å². The third kappa shape index (κ3) is 7.49. The van der Waals surface area contributed by atoms with E-state index in [0.29, 0.717) is 26.1 Å². The average Bonchev–Trinajstić information content (AvgIpc) is 2.15. The lowest BCUT2D eigenvalue weighted by molar-refractivity contribution is 0.0699. The molecule has 0 aromatic heterocycles. The van der Waals surface area contributed by atoms with Crippen LogP contribution in [0, 0.1) is 0 Å². The minimum Gasteiger partial charge on any atom is -0.382 e. The van der Waals surface area contributed by atoms with Crippen molar-refractivity contribution in [2.75, 3.05) is 26.9 Å². The van der Waals surface area contributed by atoms with Crippen molar-refractivity contribution in [2.45, 2.75) is 18.1 Å². The van der Waals surface area contributed by atoms with E-state index in [0.717, 1.165) is 0 Å². The largest absolute Gasteiger partial charge is 0.382 e. The summed E-state index contributed by atoms with van der Waals surface area (Å²) in [5.74, 6) is 0. The molecule has 0 saturated carbocycles. The Morgan fingerprint density at radius 1 is 1.47 bits per heavy atom. The molecular formula is C9H19NO4S. The van der Waals surface area contributed by atoms with E-state index < -0.39 is 15.3 Å². The summed E-state index contributed by atoms with van der Waals surface area (Å²) in [6.07, 6.45) is 2.71. The van der Waals surface area contributed by atoms with Crippen molar-refractivity contribution in [2.24, 2.45) is 5.14 Å². The molecule has 0 rings (SSSR count). The number of ether oxygens (including phenoxy) is 2. The minimum atomic E-state index is -3.54. The summed E-state index contributed by atoms with van der Waals surface area (Å²) in [4.78, 5) is 0. The number of methoxy groups -OCH3 is 1. The fourth-order valence-corrected chi connectivity index (χ4v) is 1.75. The number of allylic oxidation sites excluding steroid dienone is 1. The first-order valence-corrected chi connectivity index (χ1v) is 6.32. The van der Waals surface area contributed by atoms with Gasteiger partial charge in [0.25, 0.3) is 0 Å². The highest BCUT2D eigenvalue weighted by atomic mass is 32.2. The van der Waals surface area contributed by atoms with Gasteiger partial charge in [0, 0.05) is 7.11 Å². The highest BCUT2D eigenvalue weighted by Gasteiger charge is 2.20. The van der Waals surface area contributed by atoms with Gasteiger partial charge >= 0.3 is 0 Å². The molecule has 0 aliphatic carbocycles. The SMILES string of the molecule is C=CCC[C@@H](COCCOC)S(N)(=O)=O. The summed E-state index contributed by atoms with van der Waals surface area (Å²) in [7, 11) is -1.98. The summed E-state index contributed by atoms with van der Waals surface area (Å²) in [5, 5.41) is 4.40. The normalized spacial score (nSPS) is 13.7.